The van der Waals surface area contributed by atoms with Gasteiger partial charge in [-0.1, -0.05) is 32.1 Å². The molecule has 0 aromatic carbocycles. The van der Waals surface area contributed by atoms with E-state index in [0.29, 0.717) is 0 Å². The molecule has 0 unspecified atom stereocenters. The van der Waals surface area contributed by atoms with Crippen molar-refractivity contribution in [2.75, 3.05) is 26.2 Å². The summed E-state index contributed by atoms with van der Waals surface area (Å²) in [4.78, 5) is 2.72. The fourth-order valence-electron chi connectivity index (χ4n) is 2.85. The highest BCUT2D eigenvalue weighted by Gasteiger charge is 2.20. The summed E-state index contributed by atoms with van der Waals surface area (Å²) in [7, 11) is 0. The van der Waals surface area contributed by atoms with E-state index in [1.807, 2.05) is 0 Å². The molecule has 1 N–H and O–H groups in total. The van der Waals surface area contributed by atoms with Gasteiger partial charge in [0.05, 0.1) is 0 Å². The highest BCUT2D eigenvalue weighted by molar-refractivity contribution is 4.77. The summed E-state index contributed by atoms with van der Waals surface area (Å²) in [6.07, 6.45) is 10.3. The Balaban J connectivity index is 1.80. The highest BCUT2D eigenvalue weighted by atomic mass is 15.2. The summed E-state index contributed by atoms with van der Waals surface area (Å²) in [5.74, 6) is 0. The van der Waals surface area contributed by atoms with Crippen LogP contribution in [0.5, 0.6) is 0 Å². The Kier molecular flexibility index (Phi) is 4.26. The maximum absolute atomic E-state index is 3.44. The highest BCUT2D eigenvalue weighted by Crippen LogP contribution is 2.21. The first-order valence-electron chi connectivity index (χ1n) is 6.41. The third-order valence-electron chi connectivity index (χ3n) is 3.74. The summed E-state index contributed by atoms with van der Waals surface area (Å²) in [5, 5.41) is 3.44. The molecule has 1 saturated heterocycles. The second kappa shape index (κ2) is 5.72. The number of piperazine rings is 1. The lowest BCUT2D eigenvalue weighted by Crippen LogP contribution is -2.48. The predicted molar refractivity (Wildman–Crippen MR) is 60.5 cm³/mol. The zero-order valence-electron chi connectivity index (χ0n) is 9.30. The van der Waals surface area contributed by atoms with E-state index in [4.69, 9.17) is 0 Å². The zero-order valence-corrected chi connectivity index (χ0v) is 9.30. The van der Waals surface area contributed by atoms with Crippen molar-refractivity contribution >= 4 is 0 Å². The molecule has 1 aliphatic heterocycles. The number of nitrogens with zero attached hydrogens (tertiary/aromatic N) is 1. The summed E-state index contributed by atoms with van der Waals surface area (Å²) in [5.41, 5.74) is 0. The van der Waals surface area contributed by atoms with Crippen molar-refractivity contribution in [1.82, 2.24) is 10.2 Å². The SMILES string of the molecule is C1CCCC(N2CCNCC2)CCC1. The largest absolute Gasteiger partial charge is 0.314 e. The van der Waals surface area contributed by atoms with Crippen molar-refractivity contribution < 1.29 is 0 Å². The standard InChI is InChI=1S/C12H24N2/c1-2-4-6-12(7-5-3-1)14-10-8-13-9-11-14/h12-13H,1-11H2. The molecule has 2 nitrogen and oxygen atoms in total. The van der Waals surface area contributed by atoms with Gasteiger partial charge in [-0.3, -0.25) is 4.90 Å². The van der Waals surface area contributed by atoms with Crippen molar-refractivity contribution in [2.24, 2.45) is 0 Å². The number of hydrogen-bond acceptors (Lipinski definition) is 2. The van der Waals surface area contributed by atoms with Crippen molar-refractivity contribution in [3.05, 3.63) is 0 Å². The van der Waals surface area contributed by atoms with Gasteiger partial charge in [-0.15, -0.1) is 0 Å². The molecule has 1 saturated carbocycles. The summed E-state index contributed by atoms with van der Waals surface area (Å²) in [6, 6.07) is 0.914. The van der Waals surface area contributed by atoms with Gasteiger partial charge in [0.25, 0.3) is 0 Å². The normalized spacial score (nSPS) is 28.3. The third-order valence-corrected chi connectivity index (χ3v) is 3.74. The maximum Gasteiger partial charge on any atom is 0.0110 e. The molecule has 82 valence electrons. The van der Waals surface area contributed by atoms with Gasteiger partial charge in [0, 0.05) is 32.2 Å². The molecule has 0 amide bonds. The molecule has 0 aromatic heterocycles. The Morgan fingerprint density at radius 3 is 2.00 bits per heavy atom. The van der Waals surface area contributed by atoms with Crippen LogP contribution < -0.4 is 5.32 Å². The molecule has 0 aromatic rings. The molecule has 2 fully saturated rings. The molecule has 1 aliphatic carbocycles. The van der Waals surface area contributed by atoms with E-state index >= 15 is 0 Å². The maximum atomic E-state index is 3.44. The van der Waals surface area contributed by atoms with E-state index in [1.54, 1.807) is 0 Å². The van der Waals surface area contributed by atoms with Gasteiger partial charge in [0.15, 0.2) is 0 Å². The lowest BCUT2D eigenvalue weighted by molar-refractivity contribution is 0.147. The first kappa shape index (κ1) is 10.4. The van der Waals surface area contributed by atoms with E-state index in [-0.39, 0.29) is 0 Å². The molecular formula is C12H24N2. The molecular weight excluding hydrogens is 172 g/mol. The van der Waals surface area contributed by atoms with Crippen LogP contribution in [-0.2, 0) is 0 Å². The summed E-state index contributed by atoms with van der Waals surface area (Å²) < 4.78 is 0. The van der Waals surface area contributed by atoms with Crippen molar-refractivity contribution in [3.8, 4) is 0 Å². The summed E-state index contributed by atoms with van der Waals surface area (Å²) >= 11 is 0. The molecule has 2 aliphatic rings. The van der Waals surface area contributed by atoms with E-state index in [1.165, 1.54) is 71.1 Å². The first-order valence-corrected chi connectivity index (χ1v) is 6.41. The first-order chi connectivity index (χ1) is 6.97. The average molecular weight is 196 g/mol. The van der Waals surface area contributed by atoms with Crippen LogP contribution in [-0.4, -0.2) is 37.1 Å². The molecule has 0 atom stereocenters. The van der Waals surface area contributed by atoms with Gasteiger partial charge in [0.1, 0.15) is 0 Å². The van der Waals surface area contributed by atoms with Crippen LogP contribution >= 0.6 is 0 Å². The Morgan fingerprint density at radius 1 is 0.786 bits per heavy atom. The monoisotopic (exact) mass is 196 g/mol. The van der Waals surface area contributed by atoms with Crippen LogP contribution in [0.3, 0.4) is 0 Å². The summed E-state index contributed by atoms with van der Waals surface area (Å²) in [6.45, 7) is 4.97. The minimum atomic E-state index is 0.914. The topological polar surface area (TPSA) is 15.3 Å². The van der Waals surface area contributed by atoms with E-state index in [9.17, 15) is 0 Å². The molecule has 0 radical (unpaired) electrons. The Hall–Kier alpha value is -0.0800. The minimum Gasteiger partial charge on any atom is -0.314 e. The molecule has 14 heavy (non-hydrogen) atoms. The van der Waals surface area contributed by atoms with Gasteiger partial charge in [-0.25, -0.2) is 0 Å². The Labute approximate surface area is 88.1 Å². The van der Waals surface area contributed by atoms with Crippen LogP contribution in [0, 0.1) is 0 Å². The second-order valence-corrected chi connectivity index (χ2v) is 4.78. The van der Waals surface area contributed by atoms with Crippen molar-refractivity contribution in [3.63, 3.8) is 0 Å². The van der Waals surface area contributed by atoms with Crippen LogP contribution in [0.1, 0.15) is 44.9 Å². The third kappa shape index (κ3) is 2.96. The van der Waals surface area contributed by atoms with Gasteiger partial charge in [0.2, 0.25) is 0 Å². The fourth-order valence-corrected chi connectivity index (χ4v) is 2.85. The molecule has 0 spiro atoms. The predicted octanol–water partition coefficient (Wildman–Crippen LogP) is 2.00. The average Bonchev–Trinajstić information content (AvgIpc) is 2.18. The number of nitrogens with one attached hydrogen (secondary N) is 1. The quantitative estimate of drug-likeness (QED) is 0.690. The zero-order chi connectivity index (χ0) is 9.64. The van der Waals surface area contributed by atoms with Crippen LogP contribution in [0.25, 0.3) is 0 Å². The van der Waals surface area contributed by atoms with Gasteiger partial charge < -0.3 is 5.32 Å². The van der Waals surface area contributed by atoms with Crippen LogP contribution in [0.2, 0.25) is 0 Å². The van der Waals surface area contributed by atoms with Crippen molar-refractivity contribution in [2.45, 2.75) is 51.0 Å². The number of hydrogen-bond donors (Lipinski definition) is 1. The molecule has 1 heterocycles. The lowest BCUT2D eigenvalue weighted by atomic mass is 9.95. The smallest absolute Gasteiger partial charge is 0.0110 e. The Morgan fingerprint density at radius 2 is 1.36 bits per heavy atom. The van der Waals surface area contributed by atoms with E-state index < -0.39 is 0 Å². The Bertz CT molecular complexity index is 144. The minimum absolute atomic E-state index is 0.914. The lowest BCUT2D eigenvalue weighted by Gasteiger charge is -2.35. The van der Waals surface area contributed by atoms with Gasteiger partial charge >= 0.3 is 0 Å². The van der Waals surface area contributed by atoms with Crippen molar-refractivity contribution in [1.29, 1.82) is 0 Å². The van der Waals surface area contributed by atoms with Gasteiger partial charge in [-0.05, 0) is 12.8 Å². The fraction of sp³-hybridized carbons (Fsp3) is 1.00. The van der Waals surface area contributed by atoms with Crippen LogP contribution in [0.15, 0.2) is 0 Å². The van der Waals surface area contributed by atoms with Crippen LogP contribution in [0.4, 0.5) is 0 Å². The van der Waals surface area contributed by atoms with E-state index in [2.05, 4.69) is 10.2 Å². The molecule has 2 heteroatoms. The van der Waals surface area contributed by atoms with Gasteiger partial charge in [-0.2, -0.15) is 0 Å². The molecule has 2 rings (SSSR count). The van der Waals surface area contributed by atoms with E-state index in [0.717, 1.165) is 6.04 Å². The molecule has 0 bridgehead atoms. The number of rotatable bonds is 1. The second-order valence-electron chi connectivity index (χ2n) is 4.78.